The molecule has 1 aliphatic heterocycles. The van der Waals surface area contributed by atoms with Crippen LogP contribution in [0.3, 0.4) is 0 Å². The summed E-state index contributed by atoms with van der Waals surface area (Å²) in [7, 11) is 0. The molecule has 4 N–H and O–H groups in total. The summed E-state index contributed by atoms with van der Waals surface area (Å²) >= 11 is 0. The monoisotopic (exact) mass is 334 g/mol. The lowest BCUT2D eigenvalue weighted by atomic mass is 9.84. The van der Waals surface area contributed by atoms with Gasteiger partial charge in [-0.05, 0) is 42.0 Å². The molecule has 2 atom stereocenters. The Labute approximate surface area is 142 Å². The first-order chi connectivity index (χ1) is 11.3. The Morgan fingerprint density at radius 1 is 1.50 bits per heavy atom. The summed E-state index contributed by atoms with van der Waals surface area (Å²) in [5.41, 5.74) is 6.61. The number of ether oxygens (including phenoxy) is 1. The molecule has 24 heavy (non-hydrogen) atoms. The van der Waals surface area contributed by atoms with Gasteiger partial charge in [-0.15, -0.1) is 0 Å². The zero-order valence-electron chi connectivity index (χ0n) is 14.2. The molecule has 0 spiro atoms. The second kappa shape index (κ2) is 7.88. The van der Waals surface area contributed by atoms with E-state index in [-0.39, 0.29) is 12.3 Å². The number of hydrogen-bond acceptors (Lipinski definition) is 5. The zero-order chi connectivity index (χ0) is 17.7. The maximum Gasteiger partial charge on any atom is 0.337 e. The number of carbonyl (C=O) groups is 1. The van der Waals surface area contributed by atoms with Crippen LogP contribution >= 0.6 is 0 Å². The number of nitrogens with two attached hydrogens (primary N) is 1. The molecule has 0 saturated carbocycles. The highest BCUT2D eigenvalue weighted by Crippen LogP contribution is 2.25. The number of aliphatic carboxylic acids is 1. The summed E-state index contributed by atoms with van der Waals surface area (Å²) in [6, 6.07) is 2.85. The Balaban J connectivity index is 2.23. The minimum Gasteiger partial charge on any atom is -0.479 e. The quantitative estimate of drug-likeness (QED) is 0.700. The van der Waals surface area contributed by atoms with E-state index in [0.717, 1.165) is 17.6 Å². The van der Waals surface area contributed by atoms with Crippen molar-refractivity contribution in [2.75, 3.05) is 13.2 Å². The van der Waals surface area contributed by atoms with Crippen LogP contribution in [0, 0.1) is 5.92 Å². The number of aliphatic hydroxyl groups is 1. The van der Waals surface area contributed by atoms with Crippen LogP contribution in [0.15, 0.2) is 24.4 Å². The number of rotatable bonds is 7. The molecule has 0 saturated heterocycles. The summed E-state index contributed by atoms with van der Waals surface area (Å²) in [6.45, 7) is 5.13. The van der Waals surface area contributed by atoms with Crippen LogP contribution in [-0.2, 0) is 16.0 Å². The van der Waals surface area contributed by atoms with Gasteiger partial charge in [-0.3, -0.25) is 4.98 Å². The third-order valence-electron chi connectivity index (χ3n) is 4.31. The lowest BCUT2D eigenvalue weighted by Gasteiger charge is -2.30. The highest BCUT2D eigenvalue weighted by atomic mass is 16.5. The average Bonchev–Trinajstić information content (AvgIpc) is 2.55. The van der Waals surface area contributed by atoms with E-state index in [4.69, 9.17) is 10.5 Å². The van der Waals surface area contributed by atoms with E-state index in [9.17, 15) is 15.0 Å². The van der Waals surface area contributed by atoms with Gasteiger partial charge < -0.3 is 20.7 Å². The van der Waals surface area contributed by atoms with Gasteiger partial charge in [-0.1, -0.05) is 19.9 Å². The van der Waals surface area contributed by atoms with Crippen molar-refractivity contribution in [1.29, 1.82) is 0 Å². The summed E-state index contributed by atoms with van der Waals surface area (Å²) in [5, 5.41) is 20.2. The number of nitrogens with zero attached hydrogens (tertiary/aromatic N) is 1. The van der Waals surface area contributed by atoms with Gasteiger partial charge in [0, 0.05) is 24.4 Å². The predicted molar refractivity (Wildman–Crippen MR) is 91.4 cm³/mol. The maximum absolute atomic E-state index is 11.6. The van der Waals surface area contributed by atoms with E-state index in [0.29, 0.717) is 25.3 Å². The highest BCUT2D eigenvalue weighted by molar-refractivity contribution is 5.78. The molecule has 1 aromatic heterocycles. The molecule has 6 nitrogen and oxygen atoms in total. The SMILES string of the molecule is CC(C)C[C@H](N)[C@](O)(Cc1cc(C2=CCOCC2)ccn1)C(=O)O. The minimum atomic E-state index is -2.03. The fourth-order valence-corrected chi connectivity index (χ4v) is 2.91. The van der Waals surface area contributed by atoms with Gasteiger partial charge in [0.1, 0.15) is 0 Å². The molecule has 0 fully saturated rings. The third kappa shape index (κ3) is 4.41. The molecule has 1 aliphatic rings. The maximum atomic E-state index is 11.6. The van der Waals surface area contributed by atoms with E-state index >= 15 is 0 Å². The lowest BCUT2D eigenvalue weighted by Crippen LogP contribution is -2.56. The summed E-state index contributed by atoms with van der Waals surface area (Å²) in [4.78, 5) is 15.9. The molecule has 2 heterocycles. The fraction of sp³-hybridized carbons (Fsp3) is 0.556. The average molecular weight is 334 g/mol. The first kappa shape index (κ1) is 18.6. The third-order valence-corrected chi connectivity index (χ3v) is 4.31. The molecule has 0 aromatic carbocycles. The second-order valence-corrected chi connectivity index (χ2v) is 6.73. The minimum absolute atomic E-state index is 0.117. The lowest BCUT2D eigenvalue weighted by molar-refractivity contribution is -0.161. The number of carboxylic acids is 1. The van der Waals surface area contributed by atoms with Crippen molar-refractivity contribution in [3.8, 4) is 0 Å². The molecule has 0 radical (unpaired) electrons. The Hall–Kier alpha value is -1.76. The van der Waals surface area contributed by atoms with Gasteiger partial charge in [0.2, 0.25) is 0 Å². The van der Waals surface area contributed by atoms with Gasteiger partial charge in [-0.2, -0.15) is 0 Å². The van der Waals surface area contributed by atoms with Crippen LogP contribution in [0.5, 0.6) is 0 Å². The molecular formula is C18H26N2O4. The van der Waals surface area contributed by atoms with Gasteiger partial charge in [0.15, 0.2) is 5.60 Å². The molecule has 0 bridgehead atoms. The van der Waals surface area contributed by atoms with Gasteiger partial charge in [0.25, 0.3) is 0 Å². The first-order valence-electron chi connectivity index (χ1n) is 8.26. The second-order valence-electron chi connectivity index (χ2n) is 6.73. The molecule has 132 valence electrons. The smallest absolute Gasteiger partial charge is 0.337 e. The molecule has 1 aromatic rings. The topological polar surface area (TPSA) is 106 Å². The predicted octanol–water partition coefficient (Wildman–Crippen LogP) is 1.62. The number of hydrogen-bond donors (Lipinski definition) is 3. The Kier molecular flexibility index (Phi) is 6.10. The molecule has 2 rings (SSSR count). The van der Waals surface area contributed by atoms with Crippen LogP contribution in [0.2, 0.25) is 0 Å². The zero-order valence-corrected chi connectivity index (χ0v) is 14.2. The highest BCUT2D eigenvalue weighted by Gasteiger charge is 2.43. The van der Waals surface area contributed by atoms with Crippen LogP contribution < -0.4 is 5.73 Å². The van der Waals surface area contributed by atoms with E-state index in [2.05, 4.69) is 4.98 Å². The normalized spacial score (nSPS) is 18.8. The Morgan fingerprint density at radius 2 is 2.25 bits per heavy atom. The van der Waals surface area contributed by atoms with Gasteiger partial charge in [0.05, 0.1) is 13.2 Å². The Bertz CT molecular complexity index is 615. The standard InChI is InChI=1S/C18H26N2O4/c1-12(2)9-16(19)18(23,17(21)22)11-15-10-14(3-6-20-15)13-4-7-24-8-5-13/h3-4,6,10,12,16,23H,5,7-9,11,19H2,1-2H3,(H,21,22)/t16-,18+/m0/s1. The van der Waals surface area contributed by atoms with E-state index in [1.54, 1.807) is 6.20 Å². The van der Waals surface area contributed by atoms with Gasteiger partial charge in [-0.25, -0.2) is 4.79 Å². The first-order valence-corrected chi connectivity index (χ1v) is 8.26. The van der Waals surface area contributed by atoms with Crippen LogP contribution in [-0.4, -0.2) is 46.0 Å². The fourth-order valence-electron chi connectivity index (χ4n) is 2.91. The van der Waals surface area contributed by atoms with Crippen LogP contribution in [0.25, 0.3) is 5.57 Å². The molecule has 0 aliphatic carbocycles. The number of carboxylic acid groups (broad SMARTS) is 1. The van der Waals surface area contributed by atoms with Crippen molar-refractivity contribution in [3.05, 3.63) is 35.7 Å². The number of pyridine rings is 1. The molecule has 6 heteroatoms. The summed E-state index contributed by atoms with van der Waals surface area (Å²) < 4.78 is 5.31. The van der Waals surface area contributed by atoms with Crippen molar-refractivity contribution in [1.82, 2.24) is 4.98 Å². The summed E-state index contributed by atoms with van der Waals surface area (Å²) in [6.07, 6.45) is 4.76. The summed E-state index contributed by atoms with van der Waals surface area (Å²) in [5.74, 6) is -1.12. The van der Waals surface area contributed by atoms with Crippen molar-refractivity contribution >= 4 is 11.5 Å². The van der Waals surface area contributed by atoms with Crippen molar-refractivity contribution < 1.29 is 19.7 Å². The van der Waals surface area contributed by atoms with E-state index in [1.165, 1.54) is 0 Å². The number of aromatic nitrogens is 1. The van der Waals surface area contributed by atoms with E-state index < -0.39 is 17.6 Å². The van der Waals surface area contributed by atoms with Crippen molar-refractivity contribution in [3.63, 3.8) is 0 Å². The van der Waals surface area contributed by atoms with Crippen LogP contribution in [0.1, 0.15) is 37.9 Å². The van der Waals surface area contributed by atoms with Gasteiger partial charge >= 0.3 is 5.97 Å². The molecular weight excluding hydrogens is 308 g/mol. The molecule has 0 amide bonds. The largest absolute Gasteiger partial charge is 0.479 e. The Morgan fingerprint density at radius 3 is 2.83 bits per heavy atom. The molecule has 0 unspecified atom stereocenters. The van der Waals surface area contributed by atoms with Crippen molar-refractivity contribution in [2.24, 2.45) is 11.7 Å². The van der Waals surface area contributed by atoms with Crippen molar-refractivity contribution in [2.45, 2.75) is 44.8 Å². The van der Waals surface area contributed by atoms with E-state index in [1.807, 2.05) is 32.1 Å². The van der Waals surface area contributed by atoms with Crippen LogP contribution in [0.4, 0.5) is 0 Å².